The lowest BCUT2D eigenvalue weighted by molar-refractivity contribution is 0.174. The van der Waals surface area contributed by atoms with Gasteiger partial charge in [0.1, 0.15) is 5.75 Å². The molecular formula is C13H16BrClO. The second-order valence-corrected chi connectivity index (χ2v) is 5.58. The molecule has 0 saturated heterocycles. The largest absolute Gasteiger partial charge is 0.493 e. The van der Waals surface area contributed by atoms with Crippen molar-refractivity contribution < 1.29 is 4.74 Å². The van der Waals surface area contributed by atoms with Gasteiger partial charge in [0, 0.05) is 15.8 Å². The van der Waals surface area contributed by atoms with E-state index in [1.807, 2.05) is 24.3 Å². The summed E-state index contributed by atoms with van der Waals surface area (Å²) in [5.41, 5.74) is 0.347. The number of rotatable bonds is 4. The van der Waals surface area contributed by atoms with Crippen molar-refractivity contribution in [3.05, 3.63) is 29.3 Å². The van der Waals surface area contributed by atoms with Crippen LogP contribution in [0.5, 0.6) is 5.75 Å². The van der Waals surface area contributed by atoms with Crippen molar-refractivity contribution in [3.63, 3.8) is 0 Å². The number of ether oxygens (including phenoxy) is 1. The summed E-state index contributed by atoms with van der Waals surface area (Å²) in [5, 5.41) is 1.79. The van der Waals surface area contributed by atoms with E-state index in [1.165, 1.54) is 25.7 Å². The molecule has 2 rings (SSSR count). The van der Waals surface area contributed by atoms with Crippen LogP contribution in [0.25, 0.3) is 0 Å². The molecule has 0 spiro atoms. The lowest BCUT2D eigenvalue weighted by atomic mass is 9.90. The van der Waals surface area contributed by atoms with Gasteiger partial charge in [0.2, 0.25) is 0 Å². The van der Waals surface area contributed by atoms with Crippen molar-refractivity contribution in [3.8, 4) is 5.75 Å². The first-order chi connectivity index (χ1) is 7.74. The van der Waals surface area contributed by atoms with E-state index in [-0.39, 0.29) is 0 Å². The van der Waals surface area contributed by atoms with Gasteiger partial charge in [-0.25, -0.2) is 0 Å². The second kappa shape index (κ2) is 5.42. The molecular weight excluding hydrogens is 287 g/mol. The molecule has 0 unspecified atom stereocenters. The lowest BCUT2D eigenvalue weighted by Gasteiger charge is -2.26. The van der Waals surface area contributed by atoms with Gasteiger partial charge in [0.05, 0.1) is 6.61 Å². The molecule has 0 radical (unpaired) electrons. The minimum atomic E-state index is 0.347. The molecule has 1 aliphatic carbocycles. The highest BCUT2D eigenvalue weighted by atomic mass is 79.9. The zero-order chi connectivity index (χ0) is 11.4. The van der Waals surface area contributed by atoms with Crippen LogP contribution in [0.2, 0.25) is 5.02 Å². The first-order valence-corrected chi connectivity index (χ1v) is 7.18. The Labute approximate surface area is 110 Å². The van der Waals surface area contributed by atoms with E-state index < -0.39 is 0 Å². The summed E-state index contributed by atoms with van der Waals surface area (Å²) in [5.74, 6) is 0.914. The van der Waals surface area contributed by atoms with Gasteiger partial charge in [-0.05, 0) is 37.1 Å². The van der Waals surface area contributed by atoms with Crippen molar-refractivity contribution in [2.45, 2.75) is 25.7 Å². The van der Waals surface area contributed by atoms with E-state index in [4.69, 9.17) is 16.3 Å². The van der Waals surface area contributed by atoms with Gasteiger partial charge >= 0.3 is 0 Å². The smallest absolute Gasteiger partial charge is 0.119 e. The maximum atomic E-state index is 5.85. The van der Waals surface area contributed by atoms with Crippen LogP contribution in [-0.4, -0.2) is 11.9 Å². The summed E-state index contributed by atoms with van der Waals surface area (Å²) in [6.45, 7) is 0.805. The van der Waals surface area contributed by atoms with Gasteiger partial charge < -0.3 is 4.74 Å². The van der Waals surface area contributed by atoms with Gasteiger partial charge in [-0.15, -0.1) is 0 Å². The second-order valence-electron chi connectivity index (χ2n) is 4.58. The first-order valence-electron chi connectivity index (χ1n) is 5.68. The number of hydrogen-bond acceptors (Lipinski definition) is 1. The quantitative estimate of drug-likeness (QED) is 0.734. The molecule has 0 atom stereocenters. The Hall–Kier alpha value is -0.210. The molecule has 0 aromatic heterocycles. The highest BCUT2D eigenvalue weighted by molar-refractivity contribution is 9.09. The Morgan fingerprint density at radius 3 is 2.38 bits per heavy atom. The van der Waals surface area contributed by atoms with Crippen molar-refractivity contribution in [1.82, 2.24) is 0 Å². The number of halogens is 2. The molecule has 1 fully saturated rings. The molecule has 0 heterocycles. The highest BCUT2D eigenvalue weighted by Gasteiger charge is 2.33. The van der Waals surface area contributed by atoms with Gasteiger partial charge in [0.25, 0.3) is 0 Å². The van der Waals surface area contributed by atoms with Crippen molar-refractivity contribution in [2.24, 2.45) is 5.41 Å². The van der Waals surface area contributed by atoms with E-state index in [2.05, 4.69) is 15.9 Å². The van der Waals surface area contributed by atoms with E-state index in [0.29, 0.717) is 5.41 Å². The molecule has 1 nitrogen and oxygen atoms in total. The lowest BCUT2D eigenvalue weighted by Crippen LogP contribution is -2.26. The SMILES string of the molecule is Clc1ccc(OCC2(CBr)CCCC2)cc1. The van der Waals surface area contributed by atoms with Crippen molar-refractivity contribution in [2.75, 3.05) is 11.9 Å². The first kappa shape index (κ1) is 12.3. The predicted octanol–water partition coefficient (Wildman–Crippen LogP) is 4.67. The summed E-state index contributed by atoms with van der Waals surface area (Å²) < 4.78 is 5.85. The van der Waals surface area contributed by atoms with E-state index in [9.17, 15) is 0 Å². The van der Waals surface area contributed by atoms with Crippen LogP contribution in [0.3, 0.4) is 0 Å². The number of alkyl halides is 1. The molecule has 0 bridgehead atoms. The Balaban J connectivity index is 1.93. The number of benzene rings is 1. The zero-order valence-electron chi connectivity index (χ0n) is 9.22. The summed E-state index contributed by atoms with van der Waals surface area (Å²) in [7, 11) is 0. The average molecular weight is 304 g/mol. The fourth-order valence-electron chi connectivity index (χ4n) is 2.21. The topological polar surface area (TPSA) is 9.23 Å². The maximum Gasteiger partial charge on any atom is 0.119 e. The minimum absolute atomic E-state index is 0.347. The summed E-state index contributed by atoms with van der Waals surface area (Å²) in [6.07, 6.45) is 5.20. The standard InChI is InChI=1S/C13H16BrClO/c14-9-13(7-1-2-8-13)10-16-12-5-3-11(15)4-6-12/h3-6H,1-2,7-10H2. The Kier molecular flexibility index (Phi) is 4.15. The van der Waals surface area contributed by atoms with Crippen molar-refractivity contribution >= 4 is 27.5 Å². The van der Waals surface area contributed by atoms with Gasteiger partial charge in [-0.3, -0.25) is 0 Å². The molecule has 16 heavy (non-hydrogen) atoms. The van der Waals surface area contributed by atoms with Crippen LogP contribution in [0.4, 0.5) is 0 Å². The van der Waals surface area contributed by atoms with Crippen molar-refractivity contribution in [1.29, 1.82) is 0 Å². The third kappa shape index (κ3) is 2.92. The molecule has 1 aromatic carbocycles. The van der Waals surface area contributed by atoms with Crippen LogP contribution < -0.4 is 4.74 Å². The predicted molar refractivity (Wildman–Crippen MR) is 71.6 cm³/mol. The zero-order valence-corrected chi connectivity index (χ0v) is 11.6. The molecule has 1 aromatic rings. The molecule has 0 N–H and O–H groups in total. The molecule has 88 valence electrons. The Bertz CT molecular complexity index is 330. The van der Waals surface area contributed by atoms with Gasteiger partial charge in [0.15, 0.2) is 0 Å². The molecule has 0 amide bonds. The molecule has 3 heteroatoms. The third-order valence-corrected chi connectivity index (χ3v) is 4.75. The maximum absolute atomic E-state index is 5.85. The summed E-state index contributed by atoms with van der Waals surface area (Å²) in [4.78, 5) is 0. The highest BCUT2D eigenvalue weighted by Crippen LogP contribution is 2.40. The third-order valence-electron chi connectivity index (χ3n) is 3.31. The van der Waals surface area contributed by atoms with E-state index in [1.54, 1.807) is 0 Å². The van der Waals surface area contributed by atoms with Crippen LogP contribution in [-0.2, 0) is 0 Å². The van der Waals surface area contributed by atoms with Crippen LogP contribution in [0.1, 0.15) is 25.7 Å². The van der Waals surface area contributed by atoms with Gasteiger partial charge in [-0.1, -0.05) is 40.4 Å². The van der Waals surface area contributed by atoms with Crippen LogP contribution >= 0.6 is 27.5 Å². The van der Waals surface area contributed by atoms with E-state index >= 15 is 0 Å². The number of hydrogen-bond donors (Lipinski definition) is 0. The molecule has 0 aliphatic heterocycles. The minimum Gasteiger partial charge on any atom is -0.493 e. The fraction of sp³-hybridized carbons (Fsp3) is 0.538. The average Bonchev–Trinajstić information content (AvgIpc) is 2.78. The summed E-state index contributed by atoms with van der Waals surface area (Å²) >= 11 is 9.45. The Morgan fingerprint density at radius 1 is 1.19 bits per heavy atom. The van der Waals surface area contributed by atoms with Crippen LogP contribution in [0.15, 0.2) is 24.3 Å². The fourth-order valence-corrected chi connectivity index (χ4v) is 3.06. The normalized spacial score (nSPS) is 18.6. The Morgan fingerprint density at radius 2 is 1.81 bits per heavy atom. The summed E-state index contributed by atoms with van der Waals surface area (Å²) in [6, 6.07) is 7.59. The van der Waals surface area contributed by atoms with Crippen LogP contribution in [0, 0.1) is 5.41 Å². The monoisotopic (exact) mass is 302 g/mol. The molecule has 1 saturated carbocycles. The van der Waals surface area contributed by atoms with E-state index in [0.717, 1.165) is 22.7 Å². The molecule has 1 aliphatic rings. The van der Waals surface area contributed by atoms with Gasteiger partial charge in [-0.2, -0.15) is 0 Å².